The van der Waals surface area contributed by atoms with E-state index in [1.807, 2.05) is 6.07 Å². The summed E-state index contributed by atoms with van der Waals surface area (Å²) < 4.78 is 5.32. The van der Waals surface area contributed by atoms with E-state index >= 15 is 0 Å². The summed E-state index contributed by atoms with van der Waals surface area (Å²) in [5.74, 6) is 0.875. The van der Waals surface area contributed by atoms with Crippen LogP contribution in [0.15, 0.2) is 18.2 Å². The van der Waals surface area contributed by atoms with Gasteiger partial charge >= 0.3 is 0 Å². The van der Waals surface area contributed by atoms with Gasteiger partial charge in [0.25, 0.3) is 0 Å². The highest BCUT2D eigenvalue weighted by Crippen LogP contribution is 2.33. The first-order valence-corrected chi connectivity index (χ1v) is 7.04. The monoisotopic (exact) mass is 264 g/mol. The summed E-state index contributed by atoms with van der Waals surface area (Å²) in [6.45, 7) is 1.88. The molecule has 0 radical (unpaired) electrons. The molecule has 1 heterocycles. The summed E-state index contributed by atoms with van der Waals surface area (Å²) in [6.07, 6.45) is 4.30. The number of nitrogens with two attached hydrogens (primary N) is 1. The molecule has 0 amide bonds. The summed E-state index contributed by atoms with van der Waals surface area (Å²) in [6, 6.07) is 6.61. The van der Waals surface area contributed by atoms with Gasteiger partial charge in [-0.1, -0.05) is 6.07 Å². The molecule has 1 aromatic rings. The Balaban J connectivity index is 2.23. The number of methoxy groups -OCH3 is 1. The lowest BCUT2D eigenvalue weighted by molar-refractivity contribution is 0.279. The van der Waals surface area contributed by atoms with E-state index in [1.54, 1.807) is 7.11 Å². The number of aliphatic hydroxyl groups excluding tert-OH is 1. The van der Waals surface area contributed by atoms with Crippen LogP contribution < -0.4 is 15.4 Å². The molecule has 1 aromatic carbocycles. The fourth-order valence-electron chi connectivity index (χ4n) is 2.89. The first-order valence-electron chi connectivity index (χ1n) is 7.04. The molecule has 0 aromatic heterocycles. The van der Waals surface area contributed by atoms with Gasteiger partial charge in [0.2, 0.25) is 0 Å². The molecule has 1 fully saturated rings. The predicted octanol–water partition coefficient (Wildman–Crippen LogP) is 1.90. The highest BCUT2D eigenvalue weighted by Gasteiger charge is 2.25. The van der Waals surface area contributed by atoms with Crippen molar-refractivity contribution in [1.29, 1.82) is 0 Å². The molecule has 1 aliphatic rings. The SMILES string of the molecule is COc1ccc(CN)c(N2CCCC2CCCO)c1. The molecule has 0 saturated carbocycles. The summed E-state index contributed by atoms with van der Waals surface area (Å²) in [7, 11) is 1.69. The number of nitrogens with zero attached hydrogens (tertiary/aromatic N) is 1. The van der Waals surface area contributed by atoms with Gasteiger partial charge in [-0.3, -0.25) is 0 Å². The summed E-state index contributed by atoms with van der Waals surface area (Å²) in [5, 5.41) is 9.01. The average Bonchev–Trinajstić information content (AvgIpc) is 2.92. The summed E-state index contributed by atoms with van der Waals surface area (Å²) >= 11 is 0. The van der Waals surface area contributed by atoms with E-state index in [0.717, 1.165) is 30.7 Å². The smallest absolute Gasteiger partial charge is 0.120 e. The van der Waals surface area contributed by atoms with Crippen LogP contribution in [0.2, 0.25) is 0 Å². The maximum absolute atomic E-state index is 9.01. The maximum Gasteiger partial charge on any atom is 0.120 e. The molecule has 3 N–H and O–H groups in total. The minimum Gasteiger partial charge on any atom is -0.497 e. The topological polar surface area (TPSA) is 58.7 Å². The predicted molar refractivity (Wildman–Crippen MR) is 77.6 cm³/mol. The van der Waals surface area contributed by atoms with E-state index < -0.39 is 0 Å². The minimum absolute atomic E-state index is 0.270. The molecule has 1 unspecified atom stereocenters. The van der Waals surface area contributed by atoms with Gasteiger partial charge in [-0.05, 0) is 37.3 Å². The Kier molecular flexibility index (Phi) is 5.05. The molecule has 2 rings (SSSR count). The Morgan fingerprint density at radius 3 is 3.00 bits per heavy atom. The second-order valence-electron chi connectivity index (χ2n) is 5.05. The summed E-state index contributed by atoms with van der Waals surface area (Å²) in [5.41, 5.74) is 8.21. The van der Waals surface area contributed by atoms with Crippen molar-refractivity contribution >= 4 is 5.69 Å². The Morgan fingerprint density at radius 1 is 1.47 bits per heavy atom. The number of aliphatic hydroxyl groups is 1. The Hall–Kier alpha value is -1.26. The van der Waals surface area contributed by atoms with Crippen molar-refractivity contribution in [2.75, 3.05) is 25.2 Å². The second kappa shape index (κ2) is 6.78. The lowest BCUT2D eigenvalue weighted by atomic mass is 10.1. The van der Waals surface area contributed by atoms with Crippen LogP contribution in [0.3, 0.4) is 0 Å². The van der Waals surface area contributed by atoms with Crippen LogP contribution >= 0.6 is 0 Å². The molecule has 0 spiro atoms. The van der Waals surface area contributed by atoms with Crippen LogP contribution in [-0.2, 0) is 6.54 Å². The molecule has 106 valence electrons. The van der Waals surface area contributed by atoms with Crippen molar-refractivity contribution in [2.24, 2.45) is 5.73 Å². The Morgan fingerprint density at radius 2 is 2.32 bits per heavy atom. The maximum atomic E-state index is 9.01. The third-order valence-corrected chi connectivity index (χ3v) is 3.89. The van der Waals surface area contributed by atoms with Crippen molar-refractivity contribution in [2.45, 2.75) is 38.3 Å². The van der Waals surface area contributed by atoms with Gasteiger partial charge in [0.15, 0.2) is 0 Å². The van der Waals surface area contributed by atoms with Crippen molar-refractivity contribution < 1.29 is 9.84 Å². The van der Waals surface area contributed by atoms with Crippen molar-refractivity contribution in [1.82, 2.24) is 0 Å². The standard InChI is InChI=1S/C15H24N2O2/c1-19-14-7-6-12(11-16)15(10-14)17-8-2-4-13(17)5-3-9-18/h6-7,10,13,18H,2-5,8-9,11,16H2,1H3. The van der Waals surface area contributed by atoms with Crippen LogP contribution in [0.25, 0.3) is 0 Å². The summed E-state index contributed by atoms with van der Waals surface area (Å²) in [4.78, 5) is 2.43. The molecule has 0 bridgehead atoms. The fourth-order valence-corrected chi connectivity index (χ4v) is 2.89. The van der Waals surface area contributed by atoms with E-state index in [9.17, 15) is 0 Å². The quantitative estimate of drug-likeness (QED) is 0.824. The van der Waals surface area contributed by atoms with E-state index in [0.29, 0.717) is 12.6 Å². The lowest BCUT2D eigenvalue weighted by Crippen LogP contribution is -2.30. The molecule has 0 aliphatic carbocycles. The zero-order valence-electron chi connectivity index (χ0n) is 11.6. The number of anilines is 1. The Labute approximate surface area is 115 Å². The highest BCUT2D eigenvalue weighted by molar-refractivity contribution is 5.58. The van der Waals surface area contributed by atoms with Crippen LogP contribution in [-0.4, -0.2) is 31.4 Å². The first kappa shape index (κ1) is 14.2. The number of rotatable bonds is 6. The average molecular weight is 264 g/mol. The van der Waals surface area contributed by atoms with Gasteiger partial charge in [0.05, 0.1) is 7.11 Å². The van der Waals surface area contributed by atoms with Crippen LogP contribution in [0.4, 0.5) is 5.69 Å². The number of benzene rings is 1. The van der Waals surface area contributed by atoms with Gasteiger partial charge in [-0.2, -0.15) is 0 Å². The molecular formula is C15H24N2O2. The van der Waals surface area contributed by atoms with Gasteiger partial charge in [0, 0.05) is 37.5 Å². The van der Waals surface area contributed by atoms with Gasteiger partial charge in [-0.25, -0.2) is 0 Å². The number of hydrogen-bond donors (Lipinski definition) is 2. The largest absolute Gasteiger partial charge is 0.497 e. The van der Waals surface area contributed by atoms with E-state index in [1.165, 1.54) is 18.5 Å². The van der Waals surface area contributed by atoms with Crippen molar-refractivity contribution in [3.63, 3.8) is 0 Å². The normalized spacial score (nSPS) is 18.9. The molecule has 4 heteroatoms. The van der Waals surface area contributed by atoms with E-state index in [-0.39, 0.29) is 6.61 Å². The molecular weight excluding hydrogens is 240 g/mol. The molecule has 1 atom stereocenters. The molecule has 1 aliphatic heterocycles. The number of hydrogen-bond acceptors (Lipinski definition) is 4. The Bertz CT molecular complexity index is 409. The highest BCUT2D eigenvalue weighted by atomic mass is 16.5. The van der Waals surface area contributed by atoms with Gasteiger partial charge in [-0.15, -0.1) is 0 Å². The number of ether oxygens (including phenoxy) is 1. The molecule has 19 heavy (non-hydrogen) atoms. The van der Waals surface area contributed by atoms with Crippen LogP contribution in [0, 0.1) is 0 Å². The molecule has 1 saturated heterocycles. The molecule has 4 nitrogen and oxygen atoms in total. The van der Waals surface area contributed by atoms with Crippen LogP contribution in [0.5, 0.6) is 5.75 Å². The minimum atomic E-state index is 0.270. The van der Waals surface area contributed by atoms with E-state index in [4.69, 9.17) is 15.6 Å². The van der Waals surface area contributed by atoms with E-state index in [2.05, 4.69) is 17.0 Å². The van der Waals surface area contributed by atoms with Crippen molar-refractivity contribution in [3.05, 3.63) is 23.8 Å². The van der Waals surface area contributed by atoms with Gasteiger partial charge < -0.3 is 20.5 Å². The zero-order chi connectivity index (χ0) is 13.7. The van der Waals surface area contributed by atoms with Crippen molar-refractivity contribution in [3.8, 4) is 5.75 Å². The third-order valence-electron chi connectivity index (χ3n) is 3.89. The fraction of sp³-hybridized carbons (Fsp3) is 0.600. The third kappa shape index (κ3) is 3.19. The second-order valence-corrected chi connectivity index (χ2v) is 5.05. The first-order chi connectivity index (χ1) is 9.30. The lowest BCUT2D eigenvalue weighted by Gasteiger charge is -2.29. The van der Waals surface area contributed by atoms with Gasteiger partial charge in [0.1, 0.15) is 5.75 Å². The van der Waals surface area contributed by atoms with Crippen LogP contribution in [0.1, 0.15) is 31.2 Å². The zero-order valence-corrected chi connectivity index (χ0v) is 11.6.